The first-order chi connectivity index (χ1) is 7.22. The second-order valence-corrected chi connectivity index (χ2v) is 3.97. The van der Waals surface area contributed by atoms with E-state index in [0.29, 0.717) is 17.9 Å². The van der Waals surface area contributed by atoms with Crippen molar-refractivity contribution in [1.82, 2.24) is 0 Å². The number of aliphatic hydroxyl groups excluding tert-OH is 1. The van der Waals surface area contributed by atoms with Crippen molar-refractivity contribution in [3.63, 3.8) is 0 Å². The molecular weight excluding hydrogens is 194 g/mol. The first-order valence-electron chi connectivity index (χ1n) is 5.18. The average molecular weight is 209 g/mol. The molecule has 0 amide bonds. The van der Waals surface area contributed by atoms with Crippen LogP contribution in [0.1, 0.15) is 29.8 Å². The number of carbonyl (C=O) groups excluding carboxylic acids is 1. The lowest BCUT2D eigenvalue weighted by atomic mass is 10.2. The minimum Gasteiger partial charge on any atom is -0.438 e. The smallest absolute Gasteiger partial charge is 0.196 e. The molecule has 2 atom stereocenters. The molecule has 1 aromatic heterocycles. The number of anilines is 1. The molecule has 0 bridgehead atoms. The van der Waals surface area contributed by atoms with Gasteiger partial charge in [0.05, 0.1) is 12.1 Å². The highest BCUT2D eigenvalue weighted by atomic mass is 16.4. The number of furan rings is 1. The molecule has 1 aromatic rings. The molecule has 1 aliphatic rings. The highest BCUT2D eigenvalue weighted by molar-refractivity contribution is 5.71. The Morgan fingerprint density at radius 1 is 1.53 bits per heavy atom. The summed E-state index contributed by atoms with van der Waals surface area (Å²) in [6.45, 7) is 0. The van der Waals surface area contributed by atoms with Crippen LogP contribution < -0.4 is 4.90 Å². The number of hydrogen-bond donors (Lipinski definition) is 1. The maximum atomic E-state index is 10.5. The number of rotatable bonds is 3. The number of hydrogen-bond acceptors (Lipinski definition) is 4. The quantitative estimate of drug-likeness (QED) is 0.765. The van der Waals surface area contributed by atoms with Crippen molar-refractivity contribution >= 4 is 12.2 Å². The molecule has 1 aliphatic carbocycles. The first-order valence-corrected chi connectivity index (χ1v) is 5.18. The van der Waals surface area contributed by atoms with Gasteiger partial charge in [0.25, 0.3) is 0 Å². The van der Waals surface area contributed by atoms with E-state index < -0.39 is 0 Å². The van der Waals surface area contributed by atoms with Gasteiger partial charge in [-0.15, -0.1) is 0 Å². The largest absolute Gasteiger partial charge is 0.438 e. The number of carbonyl (C=O) groups is 1. The Balaban J connectivity index is 2.12. The van der Waals surface area contributed by atoms with E-state index in [1.165, 1.54) is 0 Å². The van der Waals surface area contributed by atoms with Gasteiger partial charge in [-0.2, -0.15) is 0 Å². The maximum absolute atomic E-state index is 10.5. The van der Waals surface area contributed by atoms with Gasteiger partial charge in [-0.25, -0.2) is 0 Å². The van der Waals surface area contributed by atoms with E-state index in [9.17, 15) is 9.90 Å². The van der Waals surface area contributed by atoms with Crippen molar-refractivity contribution in [2.75, 3.05) is 11.9 Å². The number of nitrogens with zero attached hydrogens (tertiary/aromatic N) is 1. The van der Waals surface area contributed by atoms with Gasteiger partial charge < -0.3 is 14.4 Å². The lowest BCUT2D eigenvalue weighted by molar-refractivity contribution is 0.110. The predicted octanol–water partition coefficient (Wildman–Crippen LogP) is 1.44. The molecule has 1 N–H and O–H groups in total. The minimum atomic E-state index is -0.292. The summed E-state index contributed by atoms with van der Waals surface area (Å²) >= 11 is 0. The van der Waals surface area contributed by atoms with Crippen molar-refractivity contribution < 1.29 is 14.3 Å². The van der Waals surface area contributed by atoms with E-state index in [4.69, 9.17) is 4.42 Å². The van der Waals surface area contributed by atoms with Crippen LogP contribution in [0.2, 0.25) is 0 Å². The molecule has 0 spiro atoms. The topological polar surface area (TPSA) is 53.7 Å². The molecule has 1 saturated carbocycles. The van der Waals surface area contributed by atoms with Gasteiger partial charge >= 0.3 is 0 Å². The van der Waals surface area contributed by atoms with Gasteiger partial charge in [0.15, 0.2) is 17.9 Å². The fraction of sp³-hybridized carbons (Fsp3) is 0.545. The monoisotopic (exact) mass is 209 g/mol. The fourth-order valence-corrected chi connectivity index (χ4v) is 2.13. The van der Waals surface area contributed by atoms with Crippen LogP contribution in [0.4, 0.5) is 5.88 Å². The summed E-state index contributed by atoms with van der Waals surface area (Å²) in [5, 5.41) is 9.73. The maximum Gasteiger partial charge on any atom is 0.196 e. The molecule has 1 heterocycles. The molecule has 0 unspecified atom stereocenters. The van der Waals surface area contributed by atoms with Crippen LogP contribution in [0.5, 0.6) is 0 Å². The summed E-state index contributed by atoms with van der Waals surface area (Å²) in [7, 11) is 1.88. The highest BCUT2D eigenvalue weighted by Crippen LogP contribution is 2.28. The summed E-state index contributed by atoms with van der Waals surface area (Å²) in [6, 6.07) is 3.50. The third-order valence-electron chi connectivity index (χ3n) is 3.02. The zero-order valence-electron chi connectivity index (χ0n) is 8.72. The van der Waals surface area contributed by atoms with E-state index in [0.717, 1.165) is 19.3 Å². The molecule has 0 aromatic carbocycles. The normalized spacial score (nSPS) is 25.5. The van der Waals surface area contributed by atoms with Gasteiger partial charge in [-0.3, -0.25) is 4.79 Å². The molecule has 15 heavy (non-hydrogen) atoms. The average Bonchev–Trinajstić information content (AvgIpc) is 2.84. The summed E-state index contributed by atoms with van der Waals surface area (Å²) in [5.74, 6) is 0.965. The van der Waals surface area contributed by atoms with Crippen molar-refractivity contribution in [2.45, 2.75) is 31.4 Å². The Bertz CT molecular complexity index is 347. The molecule has 0 saturated heterocycles. The lowest BCUT2D eigenvalue weighted by Crippen LogP contribution is -2.37. The molecule has 1 fully saturated rings. The third kappa shape index (κ3) is 1.90. The molecule has 4 nitrogen and oxygen atoms in total. The van der Waals surface area contributed by atoms with Crippen LogP contribution >= 0.6 is 0 Å². The Labute approximate surface area is 88.5 Å². The summed E-state index contributed by atoms with van der Waals surface area (Å²) in [6.07, 6.45) is 3.24. The Morgan fingerprint density at radius 2 is 2.33 bits per heavy atom. The third-order valence-corrected chi connectivity index (χ3v) is 3.02. The van der Waals surface area contributed by atoms with E-state index in [1.54, 1.807) is 12.1 Å². The molecule has 0 radical (unpaired) electrons. The van der Waals surface area contributed by atoms with E-state index >= 15 is 0 Å². The zero-order chi connectivity index (χ0) is 10.8. The number of aliphatic hydroxyl groups is 1. The van der Waals surface area contributed by atoms with Gasteiger partial charge in [0.2, 0.25) is 0 Å². The molecule has 2 rings (SSSR count). The van der Waals surface area contributed by atoms with Crippen LogP contribution in [-0.4, -0.2) is 30.6 Å². The van der Waals surface area contributed by atoms with Crippen molar-refractivity contribution in [2.24, 2.45) is 0 Å². The Morgan fingerprint density at radius 3 is 2.87 bits per heavy atom. The van der Waals surface area contributed by atoms with E-state index in [1.807, 2.05) is 11.9 Å². The zero-order valence-corrected chi connectivity index (χ0v) is 8.72. The Hall–Kier alpha value is -1.29. The molecule has 82 valence electrons. The Kier molecular flexibility index (Phi) is 2.77. The highest BCUT2D eigenvalue weighted by Gasteiger charge is 2.29. The van der Waals surface area contributed by atoms with Crippen molar-refractivity contribution in [3.05, 3.63) is 17.9 Å². The predicted molar refractivity (Wildman–Crippen MR) is 56.1 cm³/mol. The lowest BCUT2D eigenvalue weighted by Gasteiger charge is -2.26. The number of likely N-dealkylation sites (N-methyl/N-ethyl adjacent to an activating group) is 1. The molecular formula is C11H15NO3. The minimum absolute atomic E-state index is 0.107. The number of aldehydes is 1. The first kappa shape index (κ1) is 10.2. The summed E-state index contributed by atoms with van der Waals surface area (Å²) in [5.41, 5.74) is 0. The standard InChI is InChI=1S/C11H15NO3/c1-12(9-3-2-4-10(9)14)11-6-5-8(7-13)15-11/h5-7,9-10,14H,2-4H2,1H3/t9-,10-/m1/s1. The van der Waals surface area contributed by atoms with Crippen molar-refractivity contribution in [3.8, 4) is 0 Å². The van der Waals surface area contributed by atoms with Crippen LogP contribution in [0.15, 0.2) is 16.5 Å². The van der Waals surface area contributed by atoms with Crippen LogP contribution in [0.3, 0.4) is 0 Å². The van der Waals surface area contributed by atoms with Crippen molar-refractivity contribution in [1.29, 1.82) is 0 Å². The van der Waals surface area contributed by atoms with E-state index in [-0.39, 0.29) is 12.1 Å². The molecule has 0 aliphatic heterocycles. The second kappa shape index (κ2) is 4.06. The van der Waals surface area contributed by atoms with Crippen LogP contribution in [0.25, 0.3) is 0 Å². The van der Waals surface area contributed by atoms with Crippen LogP contribution in [0, 0.1) is 0 Å². The fourth-order valence-electron chi connectivity index (χ4n) is 2.13. The van der Waals surface area contributed by atoms with Gasteiger partial charge in [-0.1, -0.05) is 0 Å². The second-order valence-electron chi connectivity index (χ2n) is 3.97. The van der Waals surface area contributed by atoms with Gasteiger partial charge in [0, 0.05) is 13.1 Å². The van der Waals surface area contributed by atoms with E-state index in [2.05, 4.69) is 0 Å². The summed E-state index contributed by atoms with van der Waals surface area (Å²) < 4.78 is 5.30. The van der Waals surface area contributed by atoms with Gasteiger partial charge in [0.1, 0.15) is 0 Å². The van der Waals surface area contributed by atoms with Crippen LogP contribution in [-0.2, 0) is 0 Å². The SMILES string of the molecule is CN(c1ccc(C=O)o1)[C@@H]1CCC[C@H]1O. The molecule has 4 heteroatoms. The summed E-state index contributed by atoms with van der Waals surface area (Å²) in [4.78, 5) is 12.4. The van der Waals surface area contributed by atoms with Gasteiger partial charge in [-0.05, 0) is 25.3 Å².